The Labute approximate surface area is 231 Å². The van der Waals surface area contributed by atoms with Crippen molar-refractivity contribution in [3.8, 4) is 11.3 Å². The molecule has 4 heterocycles. The Hall–Kier alpha value is -5.11. The minimum absolute atomic E-state index is 0.166. The number of likely N-dealkylation sites (N-methyl/N-ethyl adjacent to an activating group) is 1. The van der Waals surface area contributed by atoms with E-state index in [9.17, 15) is 9.59 Å². The normalized spacial score (nSPS) is 16.3. The van der Waals surface area contributed by atoms with Gasteiger partial charge in [0.15, 0.2) is 17.6 Å². The first kappa shape index (κ1) is 24.0. The van der Waals surface area contributed by atoms with Crippen LogP contribution in [0.2, 0.25) is 0 Å². The predicted octanol–water partition coefficient (Wildman–Crippen LogP) is 4.11. The number of carbonyl (C=O) groups is 2. The molecule has 196 valence electrons. The zero-order valence-electron chi connectivity index (χ0n) is 21.9. The van der Waals surface area contributed by atoms with Gasteiger partial charge in [0.25, 0.3) is 5.91 Å². The van der Waals surface area contributed by atoms with E-state index in [0.29, 0.717) is 22.6 Å². The van der Waals surface area contributed by atoms with Crippen LogP contribution in [0, 0.1) is 0 Å². The van der Waals surface area contributed by atoms with E-state index in [1.165, 1.54) is 11.3 Å². The number of amides is 1. The Balaban J connectivity index is 1.31. The molecule has 0 saturated heterocycles. The van der Waals surface area contributed by atoms with Gasteiger partial charge in [0.1, 0.15) is 11.3 Å². The smallest absolute Gasteiger partial charge is 0.259 e. The third kappa shape index (κ3) is 4.05. The van der Waals surface area contributed by atoms with E-state index in [2.05, 4.69) is 34.4 Å². The summed E-state index contributed by atoms with van der Waals surface area (Å²) >= 11 is 0. The fourth-order valence-corrected chi connectivity index (χ4v) is 5.61. The summed E-state index contributed by atoms with van der Waals surface area (Å²) in [5.41, 5.74) is 7.81. The van der Waals surface area contributed by atoms with Gasteiger partial charge in [-0.3, -0.25) is 14.6 Å². The van der Waals surface area contributed by atoms with Crippen molar-refractivity contribution in [3.63, 3.8) is 0 Å². The van der Waals surface area contributed by atoms with Crippen molar-refractivity contribution in [2.24, 2.45) is 4.99 Å². The fraction of sp³-hybridized carbons (Fsp3) is 0.156. The standard InChI is InChI=1S/C32H26N6O2/c1-37-17-14-22-18-23(12-13-25(22)37)29-27(31-33-15-7-16-38(31)36-29)32(40)35-30-26(39)19-21-10-5-6-11-24(21)28(34-30)20-8-3-2-4-9-20/h2-13,15-16,18,30H,14,17,19H2,1H3,(H,35,40)/t30-/m1/s1. The summed E-state index contributed by atoms with van der Waals surface area (Å²) in [5.74, 6) is -0.625. The third-order valence-electron chi connectivity index (χ3n) is 7.62. The van der Waals surface area contributed by atoms with Crippen LogP contribution >= 0.6 is 0 Å². The van der Waals surface area contributed by atoms with Crippen LogP contribution < -0.4 is 10.2 Å². The minimum atomic E-state index is -1.06. The van der Waals surface area contributed by atoms with Gasteiger partial charge in [0, 0.05) is 54.8 Å². The second-order valence-electron chi connectivity index (χ2n) is 10.1. The van der Waals surface area contributed by atoms with Crippen LogP contribution in [0.3, 0.4) is 0 Å². The first-order chi connectivity index (χ1) is 19.6. The van der Waals surface area contributed by atoms with Crippen LogP contribution in [-0.2, 0) is 17.6 Å². The lowest BCUT2D eigenvalue weighted by Crippen LogP contribution is -2.40. The second kappa shape index (κ2) is 9.57. The predicted molar refractivity (Wildman–Crippen MR) is 154 cm³/mol. The lowest BCUT2D eigenvalue weighted by atomic mass is 9.96. The average molecular weight is 527 g/mol. The summed E-state index contributed by atoms with van der Waals surface area (Å²) in [6.07, 6.45) is 3.44. The van der Waals surface area contributed by atoms with Gasteiger partial charge in [0.2, 0.25) is 0 Å². The van der Waals surface area contributed by atoms with Crippen LogP contribution in [0.4, 0.5) is 5.69 Å². The highest BCUT2D eigenvalue weighted by Crippen LogP contribution is 2.33. The molecule has 2 aliphatic rings. The third-order valence-corrected chi connectivity index (χ3v) is 7.62. The van der Waals surface area contributed by atoms with Crippen LogP contribution in [0.15, 0.2) is 96.2 Å². The minimum Gasteiger partial charge on any atom is -0.374 e. The van der Waals surface area contributed by atoms with Crippen molar-refractivity contribution in [3.05, 3.63) is 119 Å². The zero-order chi connectivity index (χ0) is 27.2. The molecular formula is C32H26N6O2. The van der Waals surface area contributed by atoms with Crippen molar-refractivity contribution in [1.82, 2.24) is 19.9 Å². The molecule has 0 aliphatic carbocycles. The van der Waals surface area contributed by atoms with Gasteiger partial charge in [-0.25, -0.2) is 9.50 Å². The summed E-state index contributed by atoms with van der Waals surface area (Å²) in [7, 11) is 2.07. The zero-order valence-corrected chi connectivity index (χ0v) is 21.9. The van der Waals surface area contributed by atoms with Crippen LogP contribution in [0.25, 0.3) is 16.9 Å². The van der Waals surface area contributed by atoms with Crippen LogP contribution in [0.1, 0.15) is 32.6 Å². The Morgan fingerprint density at radius 3 is 2.65 bits per heavy atom. The molecular weight excluding hydrogens is 500 g/mol. The van der Waals surface area contributed by atoms with Crippen molar-refractivity contribution < 1.29 is 9.59 Å². The number of nitrogens with zero attached hydrogens (tertiary/aromatic N) is 5. The number of benzene rings is 3. The summed E-state index contributed by atoms with van der Waals surface area (Å²) in [6, 6.07) is 25.4. The number of nitrogens with one attached hydrogen (secondary N) is 1. The van der Waals surface area contributed by atoms with Gasteiger partial charge in [0.05, 0.1) is 5.71 Å². The number of aliphatic imine (C=N–C) groups is 1. The Bertz CT molecular complexity index is 1820. The molecule has 0 saturated carbocycles. The van der Waals surface area contributed by atoms with Crippen molar-refractivity contribution in [1.29, 1.82) is 0 Å². The molecule has 7 rings (SSSR count). The highest BCUT2D eigenvalue weighted by atomic mass is 16.2. The molecule has 0 fully saturated rings. The first-order valence-electron chi connectivity index (χ1n) is 13.3. The maximum atomic E-state index is 14.0. The van der Waals surface area contributed by atoms with Crippen molar-refractivity contribution in [2.45, 2.75) is 19.0 Å². The van der Waals surface area contributed by atoms with E-state index < -0.39 is 12.1 Å². The van der Waals surface area contributed by atoms with E-state index in [1.807, 2.05) is 60.7 Å². The molecule has 8 heteroatoms. The molecule has 2 aliphatic heterocycles. The number of fused-ring (bicyclic) bond motifs is 3. The average Bonchev–Trinajstić information content (AvgIpc) is 3.52. The van der Waals surface area contributed by atoms with Crippen LogP contribution in [0.5, 0.6) is 0 Å². The number of Topliss-reactive ketones (excluding diaryl/α,β-unsaturated/α-hetero) is 1. The summed E-state index contributed by atoms with van der Waals surface area (Å²) < 4.78 is 1.60. The van der Waals surface area contributed by atoms with E-state index >= 15 is 0 Å². The lowest BCUT2D eigenvalue weighted by Gasteiger charge is -2.14. The monoisotopic (exact) mass is 526 g/mol. The topological polar surface area (TPSA) is 92.0 Å². The number of aromatic nitrogens is 3. The van der Waals surface area contributed by atoms with Crippen molar-refractivity contribution >= 4 is 28.7 Å². The highest BCUT2D eigenvalue weighted by Gasteiger charge is 2.30. The van der Waals surface area contributed by atoms with Gasteiger partial charge >= 0.3 is 0 Å². The molecule has 3 aromatic carbocycles. The molecule has 0 radical (unpaired) electrons. The maximum absolute atomic E-state index is 14.0. The van der Waals surface area contributed by atoms with E-state index in [1.54, 1.807) is 23.0 Å². The molecule has 40 heavy (non-hydrogen) atoms. The number of anilines is 1. The van der Waals surface area contributed by atoms with Crippen LogP contribution in [-0.4, -0.2) is 51.8 Å². The first-order valence-corrected chi connectivity index (χ1v) is 13.3. The molecule has 0 unspecified atom stereocenters. The van der Waals surface area contributed by atoms with Gasteiger partial charge in [-0.1, -0.05) is 60.7 Å². The molecule has 1 atom stereocenters. The number of hydrogen-bond donors (Lipinski definition) is 1. The number of carbonyl (C=O) groups excluding carboxylic acids is 2. The molecule has 8 nitrogen and oxygen atoms in total. The van der Waals surface area contributed by atoms with Gasteiger partial charge < -0.3 is 10.2 Å². The lowest BCUT2D eigenvalue weighted by molar-refractivity contribution is -0.120. The van der Waals surface area contributed by atoms with Gasteiger partial charge in [-0.05, 0) is 35.7 Å². The van der Waals surface area contributed by atoms with Crippen molar-refractivity contribution in [2.75, 3.05) is 18.5 Å². The fourth-order valence-electron chi connectivity index (χ4n) is 5.61. The molecule has 1 N–H and O–H groups in total. The maximum Gasteiger partial charge on any atom is 0.259 e. The Morgan fingerprint density at radius 2 is 1.77 bits per heavy atom. The Kier molecular flexibility index (Phi) is 5.73. The molecule has 2 aromatic heterocycles. The summed E-state index contributed by atoms with van der Waals surface area (Å²) in [4.78, 5) is 39.0. The molecule has 1 amide bonds. The van der Waals surface area contributed by atoms with E-state index in [4.69, 9.17) is 10.1 Å². The summed E-state index contributed by atoms with van der Waals surface area (Å²) in [5, 5.41) is 7.66. The number of hydrogen-bond acceptors (Lipinski definition) is 6. The largest absolute Gasteiger partial charge is 0.374 e. The number of ketones is 1. The molecule has 0 spiro atoms. The van der Waals surface area contributed by atoms with Gasteiger partial charge in [-0.2, -0.15) is 5.10 Å². The second-order valence-corrected chi connectivity index (χ2v) is 10.1. The quantitative estimate of drug-likeness (QED) is 0.381. The van der Waals surface area contributed by atoms with Gasteiger partial charge in [-0.15, -0.1) is 0 Å². The number of rotatable bonds is 4. The Morgan fingerprint density at radius 1 is 0.950 bits per heavy atom. The van der Waals surface area contributed by atoms with E-state index in [-0.39, 0.29) is 12.2 Å². The summed E-state index contributed by atoms with van der Waals surface area (Å²) in [6.45, 7) is 0.951. The highest BCUT2D eigenvalue weighted by molar-refractivity contribution is 6.16. The SMILES string of the molecule is CN1CCc2cc(-c3nn4cccnc4c3C(=O)N[C@H]3N=C(c4ccccc4)c4ccccc4CC3=O)ccc21. The molecule has 0 bridgehead atoms. The van der Waals surface area contributed by atoms with E-state index in [0.717, 1.165) is 35.2 Å². The molecule has 5 aromatic rings.